The van der Waals surface area contributed by atoms with E-state index >= 15 is 0 Å². The number of fused-ring (bicyclic) bond motifs is 2. The van der Waals surface area contributed by atoms with E-state index in [-0.39, 0.29) is 35.7 Å². The van der Waals surface area contributed by atoms with E-state index in [2.05, 4.69) is 32.4 Å². The normalized spacial score (nSPS) is 18.4. The number of carbonyl (C=O) groups is 4. The molecule has 0 unspecified atom stereocenters. The highest BCUT2D eigenvalue weighted by Gasteiger charge is 2.39. The zero-order chi connectivity index (χ0) is 37.1. The van der Waals surface area contributed by atoms with Crippen LogP contribution in [-0.4, -0.2) is 93.1 Å². The Morgan fingerprint density at radius 1 is 0.712 bits per heavy atom. The van der Waals surface area contributed by atoms with Gasteiger partial charge in [0.05, 0.1) is 48.4 Å². The quantitative estimate of drug-likeness (QED) is 0.186. The number of H-pyrrole nitrogens is 2. The number of hydrogen-bond donors (Lipinski definition) is 4. The van der Waals surface area contributed by atoms with Gasteiger partial charge in [0.1, 0.15) is 23.7 Å². The lowest BCUT2D eigenvalue weighted by atomic mass is 10.0. The van der Waals surface area contributed by atoms with Crippen LogP contribution in [0.4, 0.5) is 9.59 Å². The number of nitrogens with zero attached hydrogens (tertiary/aromatic N) is 4. The zero-order valence-electron chi connectivity index (χ0n) is 30.4. The van der Waals surface area contributed by atoms with E-state index in [1.807, 2.05) is 64.1 Å². The molecule has 2 aromatic heterocycles. The number of alkyl carbamates (subject to hydrolysis) is 2. The van der Waals surface area contributed by atoms with Gasteiger partial charge in [-0.2, -0.15) is 0 Å². The summed E-state index contributed by atoms with van der Waals surface area (Å²) in [5.41, 5.74) is 4.80. The summed E-state index contributed by atoms with van der Waals surface area (Å²) in [4.78, 5) is 71.0. The number of aromatic nitrogens is 4. The maximum Gasteiger partial charge on any atom is 0.407 e. The molecule has 0 bridgehead atoms. The van der Waals surface area contributed by atoms with E-state index in [1.54, 1.807) is 9.80 Å². The van der Waals surface area contributed by atoms with Crippen LogP contribution in [0.1, 0.15) is 88.2 Å². The molecular weight excluding hydrogens is 664 g/mol. The number of imidazole rings is 2. The summed E-state index contributed by atoms with van der Waals surface area (Å²) in [6, 6.07) is 9.71. The SMILES string of the molecule is COC(=O)N[C@@H](C(=O)N1CCC[C@H]1c1nc2ccc(C#Cc3ccc4nc([C@@H]5CCCN5C(=O)[C@H](NC(=O)OC)C(C)C)[nH]c4c3)cc2[nH]1)C(C)C. The van der Waals surface area contributed by atoms with E-state index in [1.165, 1.54) is 14.2 Å². The molecule has 52 heavy (non-hydrogen) atoms. The lowest BCUT2D eigenvalue weighted by molar-refractivity contribution is -0.136. The summed E-state index contributed by atoms with van der Waals surface area (Å²) in [5, 5.41) is 5.37. The lowest BCUT2D eigenvalue weighted by Gasteiger charge is -2.29. The van der Waals surface area contributed by atoms with Crippen molar-refractivity contribution in [3.05, 3.63) is 59.2 Å². The molecule has 0 radical (unpaired) electrons. The Bertz CT molecular complexity index is 1900. The average molecular weight is 711 g/mol. The van der Waals surface area contributed by atoms with Crippen molar-refractivity contribution in [2.24, 2.45) is 11.8 Å². The molecule has 2 fully saturated rings. The van der Waals surface area contributed by atoms with Crippen molar-refractivity contribution < 1.29 is 28.7 Å². The molecule has 0 spiro atoms. The van der Waals surface area contributed by atoms with Gasteiger partial charge in [-0.1, -0.05) is 39.5 Å². The topological polar surface area (TPSA) is 175 Å². The van der Waals surface area contributed by atoms with Gasteiger partial charge in [0.2, 0.25) is 11.8 Å². The third kappa shape index (κ3) is 7.54. The van der Waals surface area contributed by atoms with Crippen LogP contribution < -0.4 is 10.6 Å². The molecule has 2 aliphatic rings. The fourth-order valence-corrected chi connectivity index (χ4v) is 7.06. The molecule has 4 amide bonds. The first-order chi connectivity index (χ1) is 25.0. The van der Waals surface area contributed by atoms with Crippen LogP contribution in [0, 0.1) is 23.7 Å². The van der Waals surface area contributed by atoms with Crippen molar-refractivity contribution >= 4 is 46.1 Å². The third-order valence-corrected chi connectivity index (χ3v) is 9.84. The average Bonchev–Trinajstić information content (AvgIpc) is 3.95. The third-order valence-electron chi connectivity index (χ3n) is 9.84. The van der Waals surface area contributed by atoms with Crippen LogP contribution in [0.2, 0.25) is 0 Å². The Morgan fingerprint density at radius 3 is 1.48 bits per heavy atom. The van der Waals surface area contributed by atoms with Gasteiger partial charge in [-0.05, 0) is 73.9 Å². The molecule has 0 saturated carbocycles. The maximum atomic E-state index is 13.5. The van der Waals surface area contributed by atoms with Crippen molar-refractivity contribution in [2.45, 2.75) is 77.5 Å². The summed E-state index contributed by atoms with van der Waals surface area (Å²) < 4.78 is 9.50. The number of carbonyl (C=O) groups excluding carboxylic acids is 4. The fraction of sp³-hybridized carbons (Fsp3) is 0.474. The van der Waals surface area contributed by atoms with E-state index in [0.29, 0.717) is 24.7 Å². The smallest absolute Gasteiger partial charge is 0.407 e. The molecule has 4 atom stereocenters. The first-order valence-corrected chi connectivity index (χ1v) is 17.8. The summed E-state index contributed by atoms with van der Waals surface area (Å²) in [6.45, 7) is 8.73. The van der Waals surface area contributed by atoms with E-state index in [9.17, 15) is 19.2 Å². The number of likely N-dealkylation sites (tertiary alicyclic amines) is 2. The minimum absolute atomic E-state index is 0.116. The van der Waals surface area contributed by atoms with Gasteiger partial charge in [0.15, 0.2) is 0 Å². The molecule has 274 valence electrons. The Labute approximate surface area is 302 Å². The van der Waals surface area contributed by atoms with E-state index in [0.717, 1.165) is 58.9 Å². The molecule has 4 N–H and O–H groups in total. The number of aromatic amines is 2. The van der Waals surface area contributed by atoms with Crippen molar-refractivity contribution in [1.82, 2.24) is 40.4 Å². The first-order valence-electron chi connectivity index (χ1n) is 17.8. The Morgan fingerprint density at radius 2 is 1.12 bits per heavy atom. The highest BCUT2D eigenvalue weighted by atomic mass is 16.5. The molecule has 6 rings (SSSR count). The number of nitrogens with one attached hydrogen (secondary N) is 4. The number of hydrogen-bond acceptors (Lipinski definition) is 8. The number of methoxy groups -OCH3 is 2. The van der Waals surface area contributed by atoms with Gasteiger partial charge in [-0.25, -0.2) is 19.6 Å². The van der Waals surface area contributed by atoms with Crippen molar-refractivity contribution in [1.29, 1.82) is 0 Å². The van der Waals surface area contributed by atoms with Crippen LogP contribution >= 0.6 is 0 Å². The second-order valence-corrected chi connectivity index (χ2v) is 14.1. The van der Waals surface area contributed by atoms with Crippen LogP contribution in [0.3, 0.4) is 0 Å². The fourth-order valence-electron chi connectivity index (χ4n) is 7.06. The molecule has 4 aromatic rings. The molecular formula is C38H46N8O6. The van der Waals surface area contributed by atoms with Gasteiger partial charge in [0, 0.05) is 24.2 Å². The van der Waals surface area contributed by atoms with Crippen molar-refractivity contribution in [3.63, 3.8) is 0 Å². The minimum Gasteiger partial charge on any atom is -0.453 e. The van der Waals surface area contributed by atoms with E-state index in [4.69, 9.17) is 19.4 Å². The standard InChI is InChI=1S/C38H46N8O6/c1-21(2)31(43-37(49)51-5)35(47)45-17-7-9-29(45)33-39-25-15-13-23(19-27(25)41-33)11-12-24-14-16-26-28(20-24)42-34(40-26)30-10-8-18-46(30)36(48)32(22(3)4)44-38(50)52-6/h13-16,19-22,29-32H,7-10,17-18H2,1-6H3,(H,39,41)(H,40,42)(H,43,49)(H,44,50)/t29-,30-,31+,32+/m0/s1. The monoisotopic (exact) mass is 710 g/mol. The Kier molecular flexibility index (Phi) is 10.7. The predicted octanol–water partition coefficient (Wildman–Crippen LogP) is 4.93. The minimum atomic E-state index is -0.701. The summed E-state index contributed by atoms with van der Waals surface area (Å²) in [7, 11) is 2.57. The van der Waals surface area contributed by atoms with Crippen LogP contribution in [0.15, 0.2) is 36.4 Å². The molecule has 2 aliphatic heterocycles. The summed E-state index contributed by atoms with van der Waals surface area (Å²) in [6.07, 6.45) is 1.92. The largest absolute Gasteiger partial charge is 0.453 e. The van der Waals surface area contributed by atoms with Crippen LogP contribution in [0.5, 0.6) is 0 Å². The molecule has 2 saturated heterocycles. The molecule has 14 heteroatoms. The Balaban J connectivity index is 1.17. The highest BCUT2D eigenvalue weighted by molar-refractivity contribution is 5.87. The van der Waals surface area contributed by atoms with Crippen LogP contribution in [-0.2, 0) is 19.1 Å². The van der Waals surface area contributed by atoms with Crippen LogP contribution in [0.25, 0.3) is 22.1 Å². The summed E-state index contributed by atoms with van der Waals surface area (Å²) >= 11 is 0. The molecule has 14 nitrogen and oxygen atoms in total. The van der Waals surface area contributed by atoms with Gasteiger partial charge in [-0.3, -0.25) is 9.59 Å². The van der Waals surface area contributed by atoms with Gasteiger partial charge in [-0.15, -0.1) is 0 Å². The molecule has 4 heterocycles. The lowest BCUT2D eigenvalue weighted by Crippen LogP contribution is -2.51. The maximum absolute atomic E-state index is 13.5. The first kappa shape index (κ1) is 36.2. The number of amides is 4. The molecule has 0 aliphatic carbocycles. The van der Waals surface area contributed by atoms with E-state index < -0.39 is 24.3 Å². The Hall–Kier alpha value is -5.58. The second kappa shape index (κ2) is 15.3. The zero-order valence-corrected chi connectivity index (χ0v) is 30.4. The van der Waals surface area contributed by atoms with Crippen molar-refractivity contribution in [2.75, 3.05) is 27.3 Å². The molecule has 2 aromatic carbocycles. The number of rotatable bonds is 8. The van der Waals surface area contributed by atoms with Gasteiger partial charge < -0.3 is 39.9 Å². The van der Waals surface area contributed by atoms with Gasteiger partial charge >= 0.3 is 12.2 Å². The number of ether oxygens (including phenoxy) is 2. The van der Waals surface area contributed by atoms with Gasteiger partial charge in [0.25, 0.3) is 0 Å². The highest BCUT2D eigenvalue weighted by Crippen LogP contribution is 2.34. The number of benzene rings is 2. The van der Waals surface area contributed by atoms with Crippen molar-refractivity contribution in [3.8, 4) is 11.8 Å². The summed E-state index contributed by atoms with van der Waals surface area (Å²) in [5.74, 6) is 7.38. The second-order valence-electron chi connectivity index (χ2n) is 14.1. The predicted molar refractivity (Wildman–Crippen MR) is 194 cm³/mol.